The minimum Gasteiger partial charge on any atom is -0.326 e. The number of hydrogen-bond acceptors (Lipinski definition) is 4. The maximum absolute atomic E-state index is 12.7. The molecular formula is C14H22BrN3O2S. The first-order valence-corrected chi connectivity index (χ1v) is 9.32. The van der Waals surface area contributed by atoms with Crippen molar-refractivity contribution in [2.24, 2.45) is 5.73 Å². The van der Waals surface area contributed by atoms with Crippen LogP contribution >= 0.6 is 15.9 Å². The second-order valence-electron chi connectivity index (χ2n) is 5.50. The van der Waals surface area contributed by atoms with Crippen LogP contribution in [0.3, 0.4) is 0 Å². The second-order valence-corrected chi connectivity index (χ2v) is 8.26. The van der Waals surface area contributed by atoms with Crippen molar-refractivity contribution in [3.8, 4) is 0 Å². The van der Waals surface area contributed by atoms with Crippen molar-refractivity contribution in [3.05, 3.63) is 28.2 Å². The number of nitrogens with two attached hydrogens (primary N) is 1. The zero-order valence-electron chi connectivity index (χ0n) is 12.4. The van der Waals surface area contributed by atoms with Crippen molar-refractivity contribution in [2.45, 2.75) is 31.3 Å². The topological polar surface area (TPSA) is 66.6 Å². The van der Waals surface area contributed by atoms with Gasteiger partial charge in [-0.1, -0.05) is 6.07 Å². The average molecular weight is 376 g/mol. The zero-order chi connectivity index (χ0) is 15.6. The molecule has 0 bridgehead atoms. The summed E-state index contributed by atoms with van der Waals surface area (Å²) in [7, 11) is -3.45. The third-order valence-corrected chi connectivity index (χ3v) is 6.73. The summed E-state index contributed by atoms with van der Waals surface area (Å²) >= 11 is 3.35. The predicted molar refractivity (Wildman–Crippen MR) is 87.5 cm³/mol. The third-order valence-electron chi connectivity index (χ3n) is 3.85. The number of rotatable bonds is 4. The number of benzene rings is 1. The van der Waals surface area contributed by atoms with Crippen LogP contribution in [0.5, 0.6) is 0 Å². The highest BCUT2D eigenvalue weighted by molar-refractivity contribution is 9.10. The van der Waals surface area contributed by atoms with Gasteiger partial charge in [-0.2, -0.15) is 4.31 Å². The summed E-state index contributed by atoms with van der Waals surface area (Å²) in [5.74, 6) is 0. The SMILES string of the molecule is CC(C)N1CCN(S(=O)(=O)c2ccc(CN)cc2Br)CC1. The molecule has 1 aliphatic rings. The molecule has 0 spiro atoms. The molecule has 0 aromatic heterocycles. The van der Waals surface area contributed by atoms with Crippen LogP contribution in [0.15, 0.2) is 27.6 Å². The van der Waals surface area contributed by atoms with E-state index in [-0.39, 0.29) is 0 Å². The fraction of sp³-hybridized carbons (Fsp3) is 0.571. The van der Waals surface area contributed by atoms with E-state index in [1.165, 1.54) is 0 Å². The van der Waals surface area contributed by atoms with Gasteiger partial charge in [-0.05, 0) is 47.5 Å². The summed E-state index contributed by atoms with van der Waals surface area (Å²) in [4.78, 5) is 2.61. The van der Waals surface area contributed by atoms with Crippen molar-refractivity contribution < 1.29 is 8.42 Å². The molecule has 118 valence electrons. The second kappa shape index (κ2) is 6.75. The van der Waals surface area contributed by atoms with E-state index in [9.17, 15) is 8.42 Å². The van der Waals surface area contributed by atoms with Gasteiger partial charge < -0.3 is 5.73 Å². The molecule has 0 atom stereocenters. The van der Waals surface area contributed by atoms with Crippen LogP contribution in [0.1, 0.15) is 19.4 Å². The van der Waals surface area contributed by atoms with Gasteiger partial charge in [0.25, 0.3) is 0 Å². The van der Waals surface area contributed by atoms with E-state index in [4.69, 9.17) is 5.73 Å². The summed E-state index contributed by atoms with van der Waals surface area (Å²) < 4.78 is 27.6. The molecular weight excluding hydrogens is 354 g/mol. The molecule has 0 amide bonds. The molecule has 1 heterocycles. The molecule has 21 heavy (non-hydrogen) atoms. The number of sulfonamides is 1. The third kappa shape index (κ3) is 3.65. The van der Waals surface area contributed by atoms with E-state index >= 15 is 0 Å². The van der Waals surface area contributed by atoms with Gasteiger partial charge in [-0.25, -0.2) is 8.42 Å². The molecule has 0 saturated carbocycles. The molecule has 1 saturated heterocycles. The minimum absolute atomic E-state index is 0.317. The Kier molecular flexibility index (Phi) is 5.43. The molecule has 1 aromatic carbocycles. The van der Waals surface area contributed by atoms with E-state index < -0.39 is 10.0 Å². The van der Waals surface area contributed by atoms with Crippen molar-refractivity contribution in [1.29, 1.82) is 0 Å². The van der Waals surface area contributed by atoms with Crippen LogP contribution < -0.4 is 5.73 Å². The number of hydrogen-bond donors (Lipinski definition) is 1. The van der Waals surface area contributed by atoms with Gasteiger partial charge >= 0.3 is 0 Å². The number of nitrogens with zero attached hydrogens (tertiary/aromatic N) is 2. The molecule has 5 nitrogen and oxygen atoms in total. The Bertz CT molecular complexity index is 596. The maximum Gasteiger partial charge on any atom is 0.244 e. The number of piperazine rings is 1. The predicted octanol–water partition coefficient (Wildman–Crippen LogP) is 1.62. The van der Waals surface area contributed by atoms with E-state index in [0.717, 1.165) is 18.7 Å². The largest absolute Gasteiger partial charge is 0.326 e. The molecule has 0 radical (unpaired) electrons. The van der Waals surface area contributed by atoms with Gasteiger partial charge in [0, 0.05) is 43.2 Å². The van der Waals surface area contributed by atoms with Gasteiger partial charge in [0.05, 0.1) is 4.90 Å². The van der Waals surface area contributed by atoms with E-state index in [1.807, 2.05) is 0 Å². The standard InChI is InChI=1S/C14H22BrN3O2S/c1-11(2)17-5-7-18(8-6-17)21(19,20)14-4-3-12(10-16)9-13(14)15/h3-4,9,11H,5-8,10,16H2,1-2H3. The Morgan fingerprint density at radius 3 is 2.33 bits per heavy atom. The molecule has 0 aliphatic carbocycles. The van der Waals surface area contributed by atoms with Crippen LogP contribution in [0.4, 0.5) is 0 Å². The summed E-state index contributed by atoms with van der Waals surface area (Å²) in [6, 6.07) is 5.63. The van der Waals surface area contributed by atoms with E-state index in [1.54, 1.807) is 22.5 Å². The molecule has 1 aliphatic heterocycles. The highest BCUT2D eigenvalue weighted by atomic mass is 79.9. The quantitative estimate of drug-likeness (QED) is 0.867. The summed E-state index contributed by atoms with van der Waals surface area (Å²) in [5, 5.41) is 0. The Morgan fingerprint density at radius 1 is 1.24 bits per heavy atom. The van der Waals surface area contributed by atoms with Crippen molar-refractivity contribution in [1.82, 2.24) is 9.21 Å². The fourth-order valence-electron chi connectivity index (χ4n) is 2.48. The zero-order valence-corrected chi connectivity index (χ0v) is 14.8. The van der Waals surface area contributed by atoms with Crippen LogP contribution in [0, 0.1) is 0 Å². The Labute approximate surface area is 135 Å². The average Bonchev–Trinajstić information content (AvgIpc) is 2.46. The molecule has 1 aromatic rings. The van der Waals surface area contributed by atoms with Crippen LogP contribution in [0.25, 0.3) is 0 Å². The van der Waals surface area contributed by atoms with Crippen LogP contribution in [-0.2, 0) is 16.6 Å². The summed E-state index contributed by atoms with van der Waals surface area (Å²) in [6.45, 7) is 7.27. The molecule has 0 unspecified atom stereocenters. The first-order valence-electron chi connectivity index (χ1n) is 7.09. The highest BCUT2D eigenvalue weighted by Gasteiger charge is 2.30. The van der Waals surface area contributed by atoms with Crippen molar-refractivity contribution in [3.63, 3.8) is 0 Å². The molecule has 1 fully saturated rings. The lowest BCUT2D eigenvalue weighted by atomic mass is 10.2. The lowest BCUT2D eigenvalue weighted by Gasteiger charge is -2.36. The lowest BCUT2D eigenvalue weighted by Crippen LogP contribution is -2.50. The first kappa shape index (κ1) is 16.9. The van der Waals surface area contributed by atoms with E-state index in [2.05, 4.69) is 34.7 Å². The van der Waals surface area contributed by atoms with Crippen molar-refractivity contribution in [2.75, 3.05) is 26.2 Å². The monoisotopic (exact) mass is 375 g/mol. The molecule has 2 N–H and O–H groups in total. The summed E-state index contributed by atoms with van der Waals surface area (Å²) in [5.41, 5.74) is 6.49. The fourth-order valence-corrected chi connectivity index (χ4v) is 4.99. The van der Waals surface area contributed by atoms with Gasteiger partial charge in [-0.3, -0.25) is 4.90 Å². The Morgan fingerprint density at radius 2 is 1.86 bits per heavy atom. The molecule has 2 rings (SSSR count). The van der Waals surface area contributed by atoms with Crippen LogP contribution in [-0.4, -0.2) is 49.8 Å². The van der Waals surface area contributed by atoms with Gasteiger partial charge in [0.15, 0.2) is 0 Å². The Hall–Kier alpha value is -0.470. The summed E-state index contributed by atoms with van der Waals surface area (Å²) in [6.07, 6.45) is 0. The smallest absolute Gasteiger partial charge is 0.244 e. The Balaban J connectivity index is 2.19. The normalized spacial score (nSPS) is 18.3. The van der Waals surface area contributed by atoms with Gasteiger partial charge in [0.1, 0.15) is 0 Å². The van der Waals surface area contributed by atoms with Gasteiger partial charge in [-0.15, -0.1) is 0 Å². The highest BCUT2D eigenvalue weighted by Crippen LogP contribution is 2.27. The molecule has 7 heteroatoms. The van der Waals surface area contributed by atoms with Gasteiger partial charge in [0.2, 0.25) is 10.0 Å². The van der Waals surface area contributed by atoms with Crippen molar-refractivity contribution >= 4 is 26.0 Å². The van der Waals surface area contributed by atoms with E-state index in [0.29, 0.717) is 35.0 Å². The maximum atomic E-state index is 12.7. The first-order chi connectivity index (χ1) is 9.86. The number of halogens is 1. The lowest BCUT2D eigenvalue weighted by molar-refractivity contribution is 0.154. The van der Waals surface area contributed by atoms with Crippen LogP contribution in [0.2, 0.25) is 0 Å². The minimum atomic E-state index is -3.45.